The van der Waals surface area contributed by atoms with Gasteiger partial charge in [-0.2, -0.15) is 5.26 Å². The molecule has 0 unspecified atom stereocenters. The number of nitriles is 1. The molecule has 5 aliphatic rings. The molecule has 230 valence electrons. The highest BCUT2D eigenvalue weighted by Gasteiger charge is 2.58. The molecule has 2 amide bonds. The van der Waals surface area contributed by atoms with Crippen molar-refractivity contribution in [3.63, 3.8) is 0 Å². The summed E-state index contributed by atoms with van der Waals surface area (Å²) in [7, 11) is 4.72. The Kier molecular flexibility index (Phi) is 6.51. The van der Waals surface area contributed by atoms with Gasteiger partial charge in [-0.15, -0.1) is 0 Å². The van der Waals surface area contributed by atoms with Crippen molar-refractivity contribution in [2.75, 3.05) is 27.8 Å². The van der Waals surface area contributed by atoms with E-state index in [1.165, 1.54) is 14.2 Å². The third-order valence-corrected chi connectivity index (χ3v) is 10.3. The van der Waals surface area contributed by atoms with E-state index in [0.717, 1.165) is 16.0 Å². The predicted octanol–water partition coefficient (Wildman–Crippen LogP) is 2.62. The molecule has 1 fully saturated rings. The quantitative estimate of drug-likeness (QED) is 0.407. The van der Waals surface area contributed by atoms with E-state index in [4.69, 9.17) is 9.47 Å². The van der Waals surface area contributed by atoms with E-state index in [9.17, 15) is 29.5 Å². The number of imide groups is 1. The van der Waals surface area contributed by atoms with Crippen LogP contribution in [-0.2, 0) is 20.7 Å². The van der Waals surface area contributed by atoms with Gasteiger partial charge >= 0.3 is 0 Å². The Labute approximate surface area is 259 Å². The average molecular weight is 609 g/mol. The monoisotopic (exact) mass is 608 g/mol. The maximum atomic E-state index is 14.1. The van der Waals surface area contributed by atoms with E-state index in [1.807, 2.05) is 24.9 Å². The Balaban J connectivity index is 1.43. The number of likely N-dealkylation sites (N-methyl/N-ethyl adjacent to an activating group) is 1. The second-order valence-electron chi connectivity index (χ2n) is 12.3. The molecule has 1 aliphatic carbocycles. The summed E-state index contributed by atoms with van der Waals surface area (Å²) in [6.07, 6.45) is 0.546. The molecule has 1 saturated heterocycles. The fourth-order valence-electron chi connectivity index (χ4n) is 8.37. The summed E-state index contributed by atoms with van der Waals surface area (Å²) in [6.45, 7) is 3.16. The van der Waals surface area contributed by atoms with E-state index < -0.39 is 41.8 Å². The Morgan fingerprint density at radius 1 is 0.978 bits per heavy atom. The molecular formula is C34H32N4O7. The number of benzene rings is 2. The molecule has 11 heteroatoms. The van der Waals surface area contributed by atoms with Crippen molar-refractivity contribution < 1.29 is 33.8 Å². The van der Waals surface area contributed by atoms with Gasteiger partial charge in [0.05, 0.1) is 43.5 Å². The minimum absolute atomic E-state index is 0.00127. The number of phenols is 1. The lowest BCUT2D eigenvalue weighted by atomic mass is 9.69. The number of methoxy groups -OCH3 is 2. The molecule has 1 N–H and O–H groups in total. The molecule has 4 aliphatic heterocycles. The molecule has 0 aromatic heterocycles. The number of hydrogen-bond donors (Lipinski definition) is 1. The highest BCUT2D eigenvalue weighted by atomic mass is 16.5. The van der Waals surface area contributed by atoms with Crippen molar-refractivity contribution >= 4 is 23.4 Å². The number of aryl methyl sites for hydroxylation is 1. The number of ketones is 2. The molecular weight excluding hydrogens is 576 g/mol. The number of Topliss-reactive ketones (excluding diaryl/α,β-unsaturated/α-hetero) is 2. The van der Waals surface area contributed by atoms with Gasteiger partial charge < -0.3 is 14.6 Å². The van der Waals surface area contributed by atoms with Gasteiger partial charge in [-0.05, 0) is 57.0 Å². The van der Waals surface area contributed by atoms with Crippen LogP contribution in [0.3, 0.4) is 0 Å². The Morgan fingerprint density at radius 3 is 2.24 bits per heavy atom. The SMILES string of the molecule is COC1=C(C)C(=O)C2=C(C1=O)[C@H](CN1C(=O)c3ccccc3C1=O)N1[C@@H](C#N)[C@@H]3Cc4cc(C)c(OC)c(O)c4[C@@H]([C@@H]1C2)N3C. The number of hydrogen-bond acceptors (Lipinski definition) is 10. The highest BCUT2D eigenvalue weighted by Crippen LogP contribution is 2.54. The second kappa shape index (κ2) is 10.1. The van der Waals surface area contributed by atoms with Gasteiger partial charge in [0.2, 0.25) is 5.78 Å². The van der Waals surface area contributed by atoms with Crippen LogP contribution in [0.25, 0.3) is 0 Å². The number of ether oxygens (including phenoxy) is 2. The maximum absolute atomic E-state index is 14.1. The summed E-state index contributed by atoms with van der Waals surface area (Å²) in [4.78, 5) is 60.3. The van der Waals surface area contributed by atoms with Crippen LogP contribution in [0.2, 0.25) is 0 Å². The van der Waals surface area contributed by atoms with Crippen LogP contribution in [0.1, 0.15) is 56.8 Å². The first-order valence-electron chi connectivity index (χ1n) is 14.9. The second-order valence-corrected chi connectivity index (χ2v) is 12.3. The van der Waals surface area contributed by atoms with E-state index in [1.54, 1.807) is 31.2 Å². The highest BCUT2D eigenvalue weighted by molar-refractivity contribution is 6.25. The van der Waals surface area contributed by atoms with Crippen molar-refractivity contribution in [3.05, 3.63) is 80.6 Å². The van der Waals surface area contributed by atoms with Gasteiger partial charge in [0.1, 0.15) is 6.04 Å². The van der Waals surface area contributed by atoms with Crippen LogP contribution >= 0.6 is 0 Å². The molecule has 11 nitrogen and oxygen atoms in total. The number of carbonyl (C=O) groups excluding carboxylic acids is 4. The maximum Gasteiger partial charge on any atom is 0.261 e. The van der Waals surface area contributed by atoms with E-state index in [2.05, 4.69) is 11.0 Å². The van der Waals surface area contributed by atoms with Crippen molar-refractivity contribution in [2.45, 2.75) is 56.9 Å². The van der Waals surface area contributed by atoms with Crippen LogP contribution in [0.5, 0.6) is 11.5 Å². The predicted molar refractivity (Wildman–Crippen MR) is 159 cm³/mol. The minimum Gasteiger partial charge on any atom is -0.504 e. The third-order valence-electron chi connectivity index (χ3n) is 10.3. The number of nitrogens with zero attached hydrogens (tertiary/aromatic N) is 4. The summed E-state index contributed by atoms with van der Waals surface area (Å²) in [5.74, 6) is -1.59. The fraction of sp³-hybridized carbons (Fsp3) is 0.382. The molecule has 0 radical (unpaired) electrons. The van der Waals surface area contributed by atoms with Gasteiger partial charge in [-0.1, -0.05) is 18.2 Å². The van der Waals surface area contributed by atoms with Crippen molar-refractivity contribution in [1.29, 1.82) is 5.26 Å². The van der Waals surface area contributed by atoms with E-state index >= 15 is 0 Å². The topological polar surface area (TPSA) is 140 Å². The lowest BCUT2D eigenvalue weighted by molar-refractivity contribution is -0.123. The number of phenolic OH excluding ortho intramolecular Hbond substituents is 1. The van der Waals surface area contributed by atoms with Gasteiger partial charge in [0.15, 0.2) is 23.0 Å². The zero-order valence-electron chi connectivity index (χ0n) is 25.6. The fourth-order valence-corrected chi connectivity index (χ4v) is 8.37. The Bertz CT molecular complexity index is 1820. The average Bonchev–Trinajstić information content (AvgIpc) is 3.25. The zero-order chi connectivity index (χ0) is 32.1. The number of piperazine rings is 1. The minimum atomic E-state index is -0.977. The molecule has 4 heterocycles. The van der Waals surface area contributed by atoms with E-state index in [-0.39, 0.29) is 64.1 Å². The number of fused-ring (bicyclic) bond motifs is 7. The zero-order valence-corrected chi connectivity index (χ0v) is 25.6. The van der Waals surface area contributed by atoms with E-state index in [0.29, 0.717) is 17.7 Å². The normalized spacial score (nSPS) is 27.6. The van der Waals surface area contributed by atoms with Crippen LogP contribution in [0, 0.1) is 18.3 Å². The lowest BCUT2D eigenvalue weighted by Gasteiger charge is -2.60. The molecule has 0 spiro atoms. The molecule has 2 bridgehead atoms. The summed E-state index contributed by atoms with van der Waals surface area (Å²) < 4.78 is 11.0. The van der Waals surface area contributed by atoms with Gasteiger partial charge in [0, 0.05) is 40.9 Å². The molecule has 5 atom stereocenters. The van der Waals surface area contributed by atoms with Crippen LogP contribution in [0.15, 0.2) is 52.8 Å². The number of rotatable bonds is 4. The molecule has 0 saturated carbocycles. The van der Waals surface area contributed by atoms with Crippen molar-refractivity contribution in [3.8, 4) is 17.6 Å². The van der Waals surface area contributed by atoms with Gasteiger partial charge in [-0.25, -0.2) is 0 Å². The number of allylic oxidation sites excluding steroid dienone is 2. The van der Waals surface area contributed by atoms with Crippen molar-refractivity contribution in [1.82, 2.24) is 14.7 Å². The molecule has 2 aromatic carbocycles. The number of carbonyl (C=O) groups is 4. The molecule has 45 heavy (non-hydrogen) atoms. The van der Waals surface area contributed by atoms with Crippen molar-refractivity contribution in [2.24, 2.45) is 0 Å². The first-order valence-corrected chi connectivity index (χ1v) is 14.9. The number of amides is 2. The third kappa shape index (κ3) is 3.76. The lowest BCUT2D eigenvalue weighted by Crippen LogP contribution is -2.71. The smallest absolute Gasteiger partial charge is 0.261 e. The van der Waals surface area contributed by atoms with Crippen LogP contribution < -0.4 is 4.74 Å². The summed E-state index contributed by atoms with van der Waals surface area (Å²) in [5.41, 5.74) is 3.41. The summed E-state index contributed by atoms with van der Waals surface area (Å²) in [5, 5.41) is 22.3. The van der Waals surface area contributed by atoms with Gasteiger partial charge in [0.25, 0.3) is 11.8 Å². The summed E-state index contributed by atoms with van der Waals surface area (Å²) >= 11 is 0. The first-order chi connectivity index (χ1) is 21.5. The van der Waals surface area contributed by atoms with Gasteiger partial charge in [-0.3, -0.25) is 33.9 Å². The Morgan fingerprint density at radius 2 is 1.64 bits per heavy atom. The summed E-state index contributed by atoms with van der Waals surface area (Å²) in [6, 6.07) is 7.81. The largest absolute Gasteiger partial charge is 0.504 e. The van der Waals surface area contributed by atoms with Crippen LogP contribution in [-0.4, -0.2) is 95.2 Å². The first kappa shape index (κ1) is 29.0. The molecule has 2 aromatic rings. The Hall–Kier alpha value is -4.79. The number of aromatic hydroxyl groups is 1. The standard InChI is InChI=1S/C34H32N4O7/c1-15-10-17-11-21-23(13-35)38-22(27(36(21)3)25(17)29(40)31(15)44-4)12-20-26(30(41)32(45-5)16(2)28(20)39)24(38)14-37-33(42)18-8-6-7-9-19(18)34(37)43/h6-10,21-24,27,40H,11-12,14H2,1-5H3/t21-,22-,23-,24-,27+/m0/s1. The molecule has 7 rings (SSSR count). The van der Waals surface area contributed by atoms with Crippen LogP contribution in [0.4, 0.5) is 0 Å².